The molecule has 4 heteroatoms. The van der Waals surface area contributed by atoms with E-state index in [9.17, 15) is 4.79 Å². The van der Waals surface area contributed by atoms with Crippen molar-refractivity contribution in [3.8, 4) is 0 Å². The summed E-state index contributed by atoms with van der Waals surface area (Å²) >= 11 is 0. The fourth-order valence-electron chi connectivity index (χ4n) is 1.82. The minimum absolute atomic E-state index is 0.0635. The highest BCUT2D eigenvalue weighted by molar-refractivity contribution is 5.99. The summed E-state index contributed by atoms with van der Waals surface area (Å²) in [6, 6.07) is 0. The SMILES string of the molecule is COC1=C[C@@]2(OC[C@H](C(C)(C)C)O2)C(=O)C=C1. The average molecular weight is 238 g/mol. The number of ketones is 1. The van der Waals surface area contributed by atoms with Gasteiger partial charge in [-0.15, -0.1) is 0 Å². The van der Waals surface area contributed by atoms with Crippen molar-refractivity contribution >= 4 is 5.78 Å². The molecule has 1 saturated heterocycles. The molecule has 0 aromatic carbocycles. The lowest BCUT2D eigenvalue weighted by Gasteiger charge is -2.29. The van der Waals surface area contributed by atoms with Crippen LogP contribution in [0.1, 0.15) is 20.8 Å². The van der Waals surface area contributed by atoms with E-state index < -0.39 is 5.79 Å². The normalized spacial score (nSPS) is 33.1. The molecule has 1 aliphatic heterocycles. The van der Waals surface area contributed by atoms with Gasteiger partial charge in [-0.2, -0.15) is 0 Å². The van der Waals surface area contributed by atoms with Crippen LogP contribution in [0.3, 0.4) is 0 Å². The third-order valence-corrected chi connectivity index (χ3v) is 3.04. The highest BCUT2D eigenvalue weighted by Crippen LogP contribution is 2.37. The quantitative estimate of drug-likeness (QED) is 0.699. The monoisotopic (exact) mass is 238 g/mol. The maximum Gasteiger partial charge on any atom is 0.257 e. The molecule has 0 saturated carbocycles. The summed E-state index contributed by atoms with van der Waals surface area (Å²) in [5, 5.41) is 0. The van der Waals surface area contributed by atoms with Gasteiger partial charge in [0.05, 0.1) is 19.8 Å². The first-order valence-electron chi connectivity index (χ1n) is 5.68. The second-order valence-corrected chi connectivity index (χ2v) is 5.40. The average Bonchev–Trinajstić information content (AvgIpc) is 2.67. The number of hydrogen-bond acceptors (Lipinski definition) is 4. The van der Waals surface area contributed by atoms with E-state index >= 15 is 0 Å². The van der Waals surface area contributed by atoms with Crippen LogP contribution in [-0.2, 0) is 19.0 Å². The molecule has 2 atom stereocenters. The standard InChI is InChI=1S/C13H18O4/c1-12(2,3)11-8-16-13(17-11)7-9(15-4)5-6-10(13)14/h5-7,11H,8H2,1-4H3/t11-,13+/m1/s1. The Morgan fingerprint density at radius 1 is 1.41 bits per heavy atom. The summed E-state index contributed by atoms with van der Waals surface area (Å²) in [7, 11) is 1.55. The Morgan fingerprint density at radius 2 is 2.12 bits per heavy atom. The fraction of sp³-hybridized carbons (Fsp3) is 0.615. The van der Waals surface area contributed by atoms with Gasteiger partial charge in [0.15, 0.2) is 0 Å². The minimum atomic E-state index is -1.28. The van der Waals surface area contributed by atoms with E-state index in [1.54, 1.807) is 19.3 Å². The molecule has 94 valence electrons. The number of ether oxygens (including phenoxy) is 3. The second kappa shape index (κ2) is 3.96. The summed E-state index contributed by atoms with van der Waals surface area (Å²) in [4.78, 5) is 11.9. The van der Waals surface area contributed by atoms with Crippen molar-refractivity contribution in [3.63, 3.8) is 0 Å². The molecule has 1 fully saturated rings. The molecule has 0 radical (unpaired) electrons. The van der Waals surface area contributed by atoms with E-state index in [0.29, 0.717) is 12.4 Å². The van der Waals surface area contributed by atoms with Gasteiger partial charge in [-0.1, -0.05) is 20.8 Å². The van der Waals surface area contributed by atoms with E-state index in [0.717, 1.165) is 0 Å². The molecule has 2 aliphatic rings. The van der Waals surface area contributed by atoms with Crippen LogP contribution in [0.2, 0.25) is 0 Å². The molecule has 4 nitrogen and oxygen atoms in total. The van der Waals surface area contributed by atoms with Crippen molar-refractivity contribution in [2.24, 2.45) is 5.41 Å². The van der Waals surface area contributed by atoms with E-state index in [4.69, 9.17) is 14.2 Å². The lowest BCUT2D eigenvalue weighted by atomic mass is 9.90. The molecule has 0 aromatic rings. The summed E-state index contributed by atoms with van der Waals surface area (Å²) in [6.07, 6.45) is 4.54. The van der Waals surface area contributed by atoms with Crippen molar-refractivity contribution in [2.45, 2.75) is 32.7 Å². The molecule has 0 unspecified atom stereocenters. The van der Waals surface area contributed by atoms with Gasteiger partial charge in [-0.05, 0) is 17.6 Å². The van der Waals surface area contributed by atoms with Crippen LogP contribution in [0, 0.1) is 5.41 Å². The number of rotatable bonds is 1. The van der Waals surface area contributed by atoms with Gasteiger partial charge in [0.25, 0.3) is 5.79 Å². The predicted molar refractivity (Wildman–Crippen MR) is 62.3 cm³/mol. The van der Waals surface area contributed by atoms with Gasteiger partial charge in [0, 0.05) is 6.08 Å². The smallest absolute Gasteiger partial charge is 0.257 e. The van der Waals surface area contributed by atoms with Crippen molar-refractivity contribution in [2.75, 3.05) is 13.7 Å². The number of carbonyl (C=O) groups excluding carboxylic acids is 1. The Kier molecular flexibility index (Phi) is 2.87. The van der Waals surface area contributed by atoms with Gasteiger partial charge in [0.2, 0.25) is 5.78 Å². The van der Waals surface area contributed by atoms with Crippen LogP contribution in [0.4, 0.5) is 0 Å². The third-order valence-electron chi connectivity index (χ3n) is 3.04. The lowest BCUT2D eigenvalue weighted by molar-refractivity contribution is -0.168. The molecule has 0 amide bonds. The molecule has 0 bridgehead atoms. The summed E-state index contributed by atoms with van der Waals surface area (Å²) in [5.74, 6) is -0.887. The molecule has 0 N–H and O–H groups in total. The van der Waals surface area contributed by atoms with Crippen molar-refractivity contribution in [1.29, 1.82) is 0 Å². The zero-order valence-electron chi connectivity index (χ0n) is 10.6. The van der Waals surface area contributed by atoms with Crippen molar-refractivity contribution in [1.82, 2.24) is 0 Å². The van der Waals surface area contributed by atoms with Crippen LogP contribution in [0.15, 0.2) is 24.0 Å². The molecular weight excluding hydrogens is 220 g/mol. The fourth-order valence-corrected chi connectivity index (χ4v) is 1.82. The molecule has 0 aromatic heterocycles. The van der Waals surface area contributed by atoms with Crippen LogP contribution in [0.5, 0.6) is 0 Å². The van der Waals surface area contributed by atoms with Crippen molar-refractivity contribution in [3.05, 3.63) is 24.0 Å². The molecular formula is C13H18O4. The minimum Gasteiger partial charge on any atom is -0.497 e. The zero-order valence-corrected chi connectivity index (χ0v) is 10.6. The van der Waals surface area contributed by atoms with Gasteiger partial charge in [0.1, 0.15) is 5.76 Å². The Hall–Kier alpha value is -1.13. The first-order valence-corrected chi connectivity index (χ1v) is 5.68. The summed E-state index contributed by atoms with van der Waals surface area (Å²) in [6.45, 7) is 6.59. The molecule has 1 heterocycles. The van der Waals surface area contributed by atoms with Crippen LogP contribution in [-0.4, -0.2) is 31.4 Å². The molecule has 1 aliphatic carbocycles. The highest BCUT2D eigenvalue weighted by Gasteiger charge is 2.50. The van der Waals surface area contributed by atoms with Crippen LogP contribution < -0.4 is 0 Å². The van der Waals surface area contributed by atoms with Gasteiger partial charge >= 0.3 is 0 Å². The molecule has 1 spiro atoms. The van der Waals surface area contributed by atoms with Crippen LogP contribution in [0.25, 0.3) is 0 Å². The Bertz CT molecular complexity index is 389. The summed E-state index contributed by atoms with van der Waals surface area (Å²) in [5.41, 5.74) is -0.0635. The Morgan fingerprint density at radius 3 is 2.65 bits per heavy atom. The zero-order chi connectivity index (χ0) is 12.7. The van der Waals surface area contributed by atoms with E-state index in [-0.39, 0.29) is 17.3 Å². The second-order valence-electron chi connectivity index (χ2n) is 5.40. The number of allylic oxidation sites excluding steroid dienone is 1. The van der Waals surface area contributed by atoms with Crippen LogP contribution >= 0.6 is 0 Å². The topological polar surface area (TPSA) is 44.8 Å². The largest absolute Gasteiger partial charge is 0.497 e. The lowest BCUT2D eigenvalue weighted by Crippen LogP contribution is -2.40. The summed E-state index contributed by atoms with van der Waals surface area (Å²) < 4.78 is 16.5. The number of hydrogen-bond donors (Lipinski definition) is 0. The first-order chi connectivity index (χ1) is 7.87. The molecule has 17 heavy (non-hydrogen) atoms. The van der Waals surface area contributed by atoms with Crippen molar-refractivity contribution < 1.29 is 19.0 Å². The maximum absolute atomic E-state index is 11.9. The van der Waals surface area contributed by atoms with E-state index in [1.165, 1.54) is 6.08 Å². The maximum atomic E-state index is 11.9. The van der Waals surface area contributed by atoms with E-state index in [2.05, 4.69) is 20.8 Å². The number of methoxy groups -OCH3 is 1. The van der Waals surface area contributed by atoms with Gasteiger partial charge in [-0.3, -0.25) is 4.79 Å². The highest BCUT2D eigenvalue weighted by atomic mass is 16.7. The predicted octanol–water partition coefficient (Wildman–Crippen LogP) is 1.81. The Labute approximate surface area is 101 Å². The molecule has 2 rings (SSSR count). The Balaban J connectivity index is 2.24. The van der Waals surface area contributed by atoms with Gasteiger partial charge < -0.3 is 14.2 Å². The van der Waals surface area contributed by atoms with E-state index in [1.807, 2.05) is 0 Å². The third kappa shape index (κ3) is 2.15. The number of carbonyl (C=O) groups is 1. The first kappa shape index (κ1) is 12.3. The van der Waals surface area contributed by atoms with Gasteiger partial charge in [-0.25, -0.2) is 0 Å².